The number of nitrogens with two attached hydrogens (primary N) is 1. The van der Waals surface area contributed by atoms with E-state index in [-0.39, 0.29) is 6.04 Å². The van der Waals surface area contributed by atoms with Crippen molar-refractivity contribution in [2.24, 2.45) is 5.73 Å². The van der Waals surface area contributed by atoms with Crippen LogP contribution < -0.4 is 5.73 Å². The zero-order chi connectivity index (χ0) is 14.1. The Bertz CT molecular complexity index is 768. The molecule has 0 bridgehead atoms. The maximum atomic E-state index is 6.35. The maximum Gasteiger partial charge on any atom is 0.0705 e. The Morgan fingerprint density at radius 2 is 1.95 bits per heavy atom. The van der Waals surface area contributed by atoms with E-state index in [1.807, 2.05) is 55.5 Å². The highest BCUT2D eigenvalue weighted by Gasteiger charge is 2.13. The molecule has 100 valence electrons. The van der Waals surface area contributed by atoms with Crippen LogP contribution in [0.5, 0.6) is 0 Å². The molecule has 1 aromatic heterocycles. The summed E-state index contributed by atoms with van der Waals surface area (Å²) in [6.45, 7) is 2.02. The number of hydrogen-bond donors (Lipinski definition) is 1. The molecule has 0 spiro atoms. The molecule has 1 unspecified atom stereocenters. The molecule has 3 aromatic rings. The van der Waals surface area contributed by atoms with Gasteiger partial charge in [-0.2, -0.15) is 0 Å². The Kier molecular flexibility index (Phi) is 3.43. The standard InChI is InChI=1S/C17H15ClN2/c1-11-4-7-14(15(18)9-11)17(19)13-6-5-12-3-2-8-20-16(12)10-13/h2-10,17H,19H2,1H3. The van der Waals surface area contributed by atoms with Gasteiger partial charge in [-0.25, -0.2) is 0 Å². The van der Waals surface area contributed by atoms with E-state index in [0.29, 0.717) is 5.02 Å². The molecule has 3 rings (SSSR count). The number of nitrogens with zero attached hydrogens (tertiary/aromatic N) is 1. The van der Waals surface area contributed by atoms with E-state index in [1.54, 1.807) is 6.20 Å². The smallest absolute Gasteiger partial charge is 0.0705 e. The Labute approximate surface area is 123 Å². The van der Waals surface area contributed by atoms with Gasteiger partial charge in [-0.15, -0.1) is 0 Å². The van der Waals surface area contributed by atoms with E-state index in [9.17, 15) is 0 Å². The fraction of sp³-hybridized carbons (Fsp3) is 0.118. The molecule has 0 aliphatic rings. The molecule has 1 atom stereocenters. The largest absolute Gasteiger partial charge is 0.320 e. The van der Waals surface area contributed by atoms with Crippen molar-refractivity contribution < 1.29 is 0 Å². The second-order valence-corrected chi connectivity index (χ2v) is 5.37. The molecular weight excluding hydrogens is 268 g/mol. The molecule has 0 aliphatic heterocycles. The van der Waals surface area contributed by atoms with Gasteiger partial charge in [0.1, 0.15) is 0 Å². The lowest BCUT2D eigenvalue weighted by Gasteiger charge is -2.15. The van der Waals surface area contributed by atoms with E-state index in [4.69, 9.17) is 17.3 Å². The zero-order valence-electron chi connectivity index (χ0n) is 11.2. The molecular formula is C17H15ClN2. The van der Waals surface area contributed by atoms with Gasteiger partial charge < -0.3 is 5.73 Å². The highest BCUT2D eigenvalue weighted by molar-refractivity contribution is 6.31. The van der Waals surface area contributed by atoms with Gasteiger partial charge in [0.15, 0.2) is 0 Å². The molecule has 20 heavy (non-hydrogen) atoms. The van der Waals surface area contributed by atoms with Crippen LogP contribution in [0, 0.1) is 6.92 Å². The van der Waals surface area contributed by atoms with Crippen LogP contribution in [-0.2, 0) is 0 Å². The number of halogens is 1. The second kappa shape index (κ2) is 5.23. The third-order valence-corrected chi connectivity index (χ3v) is 3.81. The molecule has 2 N–H and O–H groups in total. The van der Waals surface area contributed by atoms with Crippen molar-refractivity contribution in [2.75, 3.05) is 0 Å². The molecule has 2 aromatic carbocycles. The highest BCUT2D eigenvalue weighted by Crippen LogP contribution is 2.28. The number of aryl methyl sites for hydroxylation is 1. The van der Waals surface area contributed by atoms with Crippen LogP contribution in [0.25, 0.3) is 10.9 Å². The molecule has 0 aliphatic carbocycles. The van der Waals surface area contributed by atoms with Crippen LogP contribution in [0.15, 0.2) is 54.7 Å². The van der Waals surface area contributed by atoms with Gasteiger partial charge in [-0.1, -0.05) is 41.9 Å². The predicted molar refractivity (Wildman–Crippen MR) is 84.0 cm³/mol. The van der Waals surface area contributed by atoms with Crippen molar-refractivity contribution in [3.8, 4) is 0 Å². The van der Waals surface area contributed by atoms with Crippen LogP contribution in [0.3, 0.4) is 0 Å². The summed E-state index contributed by atoms with van der Waals surface area (Å²) in [6.07, 6.45) is 1.79. The first-order valence-electron chi connectivity index (χ1n) is 6.51. The first-order chi connectivity index (χ1) is 9.65. The van der Waals surface area contributed by atoms with E-state index in [0.717, 1.165) is 27.6 Å². The minimum Gasteiger partial charge on any atom is -0.320 e. The Balaban J connectivity index is 2.05. The third-order valence-electron chi connectivity index (χ3n) is 3.48. The first kappa shape index (κ1) is 13.1. The number of hydrogen-bond acceptors (Lipinski definition) is 2. The summed E-state index contributed by atoms with van der Waals surface area (Å²) in [5.74, 6) is 0. The summed E-state index contributed by atoms with van der Waals surface area (Å²) in [5.41, 5.74) is 10.4. The summed E-state index contributed by atoms with van der Waals surface area (Å²) in [7, 11) is 0. The average molecular weight is 283 g/mol. The topological polar surface area (TPSA) is 38.9 Å². The van der Waals surface area contributed by atoms with Gasteiger partial charge in [0.2, 0.25) is 0 Å². The fourth-order valence-electron chi connectivity index (χ4n) is 2.34. The van der Waals surface area contributed by atoms with Crippen LogP contribution in [0.4, 0.5) is 0 Å². The van der Waals surface area contributed by atoms with E-state index in [2.05, 4.69) is 4.98 Å². The SMILES string of the molecule is Cc1ccc(C(N)c2ccc3cccnc3c2)c(Cl)c1. The van der Waals surface area contributed by atoms with Gasteiger partial charge in [-0.3, -0.25) is 4.98 Å². The van der Waals surface area contributed by atoms with Crippen LogP contribution in [0.1, 0.15) is 22.7 Å². The lowest BCUT2D eigenvalue weighted by atomic mass is 9.97. The number of fused-ring (bicyclic) bond motifs is 1. The van der Waals surface area contributed by atoms with Gasteiger partial charge in [0.05, 0.1) is 11.6 Å². The van der Waals surface area contributed by atoms with E-state index < -0.39 is 0 Å². The van der Waals surface area contributed by atoms with Gasteiger partial charge in [-0.05, 0) is 41.8 Å². The monoisotopic (exact) mass is 282 g/mol. The van der Waals surface area contributed by atoms with Crippen molar-refractivity contribution in [3.05, 3.63) is 76.4 Å². The van der Waals surface area contributed by atoms with Crippen LogP contribution in [-0.4, -0.2) is 4.98 Å². The van der Waals surface area contributed by atoms with Crippen LogP contribution >= 0.6 is 11.6 Å². The van der Waals surface area contributed by atoms with Crippen molar-refractivity contribution in [1.29, 1.82) is 0 Å². The minimum atomic E-state index is -0.241. The number of aromatic nitrogens is 1. The van der Waals surface area contributed by atoms with Gasteiger partial charge in [0.25, 0.3) is 0 Å². The van der Waals surface area contributed by atoms with Gasteiger partial charge >= 0.3 is 0 Å². The summed E-state index contributed by atoms with van der Waals surface area (Å²) in [5, 5.41) is 1.82. The number of pyridine rings is 1. The second-order valence-electron chi connectivity index (χ2n) is 4.96. The molecule has 0 fully saturated rings. The molecule has 0 saturated carbocycles. The molecule has 0 amide bonds. The zero-order valence-corrected chi connectivity index (χ0v) is 11.9. The Hall–Kier alpha value is -1.90. The lowest BCUT2D eigenvalue weighted by Crippen LogP contribution is -2.12. The maximum absolute atomic E-state index is 6.35. The average Bonchev–Trinajstić information content (AvgIpc) is 2.46. The summed E-state index contributed by atoms with van der Waals surface area (Å²) >= 11 is 6.30. The molecule has 0 saturated heterocycles. The normalized spacial score (nSPS) is 12.6. The summed E-state index contributed by atoms with van der Waals surface area (Å²) in [6, 6.07) is 15.8. The van der Waals surface area contributed by atoms with Crippen molar-refractivity contribution in [2.45, 2.75) is 13.0 Å². The summed E-state index contributed by atoms with van der Waals surface area (Å²) in [4.78, 5) is 4.37. The fourth-order valence-corrected chi connectivity index (χ4v) is 2.69. The van der Waals surface area contributed by atoms with Crippen LogP contribution in [0.2, 0.25) is 5.02 Å². The van der Waals surface area contributed by atoms with E-state index >= 15 is 0 Å². The predicted octanol–water partition coefficient (Wildman–Crippen LogP) is 4.24. The van der Waals surface area contributed by atoms with Gasteiger partial charge in [0, 0.05) is 16.6 Å². The molecule has 1 heterocycles. The molecule has 0 radical (unpaired) electrons. The lowest BCUT2D eigenvalue weighted by molar-refractivity contribution is 0.872. The highest BCUT2D eigenvalue weighted by atomic mass is 35.5. The first-order valence-corrected chi connectivity index (χ1v) is 6.89. The quantitative estimate of drug-likeness (QED) is 0.763. The minimum absolute atomic E-state index is 0.241. The Morgan fingerprint density at radius 3 is 2.75 bits per heavy atom. The van der Waals surface area contributed by atoms with Crippen molar-refractivity contribution >= 4 is 22.5 Å². The third kappa shape index (κ3) is 2.40. The summed E-state index contributed by atoms with van der Waals surface area (Å²) < 4.78 is 0. The number of rotatable bonds is 2. The van der Waals surface area contributed by atoms with E-state index in [1.165, 1.54) is 0 Å². The van der Waals surface area contributed by atoms with Crippen molar-refractivity contribution in [3.63, 3.8) is 0 Å². The molecule has 3 heteroatoms. The molecule has 2 nitrogen and oxygen atoms in total. The van der Waals surface area contributed by atoms with Crippen molar-refractivity contribution in [1.82, 2.24) is 4.98 Å². The Morgan fingerprint density at radius 1 is 1.10 bits per heavy atom. The number of benzene rings is 2.